The van der Waals surface area contributed by atoms with Crippen molar-refractivity contribution in [2.45, 2.75) is 19.3 Å². The molecule has 0 radical (unpaired) electrons. The fourth-order valence-corrected chi connectivity index (χ4v) is 1.78. The molecule has 2 amide bonds. The van der Waals surface area contributed by atoms with Gasteiger partial charge >= 0.3 is 0 Å². The van der Waals surface area contributed by atoms with Gasteiger partial charge in [-0.3, -0.25) is 19.3 Å². The molecular weight excluding hydrogens is 206 g/mol. The summed E-state index contributed by atoms with van der Waals surface area (Å²) in [6.07, 6.45) is 2.08. The number of anilines is 1. The zero-order valence-electron chi connectivity index (χ0n) is 8.68. The van der Waals surface area contributed by atoms with Crippen molar-refractivity contribution in [1.82, 2.24) is 0 Å². The molecule has 0 atom stereocenters. The third kappa shape index (κ3) is 1.86. The van der Waals surface area contributed by atoms with Crippen LogP contribution in [0.15, 0.2) is 24.3 Å². The first-order valence-electron chi connectivity index (χ1n) is 5.13. The van der Waals surface area contributed by atoms with E-state index in [0.717, 1.165) is 4.90 Å². The summed E-state index contributed by atoms with van der Waals surface area (Å²) >= 11 is 0. The number of amides is 2. The van der Waals surface area contributed by atoms with Crippen LogP contribution in [0.1, 0.15) is 29.6 Å². The van der Waals surface area contributed by atoms with Crippen LogP contribution in [0.2, 0.25) is 0 Å². The average Bonchev–Trinajstić information content (AvgIpc) is 2.29. The maximum atomic E-state index is 11.6. The highest BCUT2D eigenvalue weighted by Gasteiger charge is 2.27. The molecule has 1 saturated heterocycles. The van der Waals surface area contributed by atoms with E-state index in [2.05, 4.69) is 0 Å². The van der Waals surface area contributed by atoms with Crippen molar-refractivity contribution in [3.8, 4) is 0 Å². The van der Waals surface area contributed by atoms with Crippen molar-refractivity contribution in [2.75, 3.05) is 4.90 Å². The Bertz CT molecular complexity index is 437. The van der Waals surface area contributed by atoms with E-state index < -0.39 is 0 Å². The van der Waals surface area contributed by atoms with Crippen molar-refractivity contribution in [2.24, 2.45) is 0 Å². The molecule has 0 unspecified atom stereocenters. The quantitative estimate of drug-likeness (QED) is 0.557. The SMILES string of the molecule is O=Cc1cccc(N2C(=O)CCCC2=O)c1. The molecule has 2 rings (SSSR count). The normalized spacial score (nSPS) is 16.4. The number of aldehydes is 1. The van der Waals surface area contributed by atoms with Crippen LogP contribution in [-0.4, -0.2) is 18.1 Å². The minimum atomic E-state index is -0.195. The summed E-state index contributed by atoms with van der Waals surface area (Å²) in [4.78, 5) is 35.0. The molecule has 16 heavy (non-hydrogen) atoms. The smallest absolute Gasteiger partial charge is 0.233 e. The molecule has 4 nitrogen and oxygen atoms in total. The lowest BCUT2D eigenvalue weighted by Gasteiger charge is -2.24. The molecule has 0 spiro atoms. The Morgan fingerprint density at radius 1 is 1.12 bits per heavy atom. The molecular formula is C12H11NO3. The molecule has 0 bridgehead atoms. The number of nitrogens with zero attached hydrogens (tertiary/aromatic N) is 1. The maximum absolute atomic E-state index is 11.6. The van der Waals surface area contributed by atoms with E-state index in [9.17, 15) is 14.4 Å². The average molecular weight is 217 g/mol. The van der Waals surface area contributed by atoms with Crippen LogP contribution in [0, 0.1) is 0 Å². The van der Waals surface area contributed by atoms with Crippen LogP contribution in [0.5, 0.6) is 0 Å². The number of imide groups is 1. The fourth-order valence-electron chi connectivity index (χ4n) is 1.78. The van der Waals surface area contributed by atoms with E-state index in [1.807, 2.05) is 0 Å². The first-order valence-corrected chi connectivity index (χ1v) is 5.13. The monoisotopic (exact) mass is 217 g/mol. The van der Waals surface area contributed by atoms with Gasteiger partial charge in [0.25, 0.3) is 0 Å². The molecule has 1 heterocycles. The van der Waals surface area contributed by atoms with Crippen LogP contribution in [0.3, 0.4) is 0 Å². The summed E-state index contributed by atoms with van der Waals surface area (Å²) in [7, 11) is 0. The molecule has 0 N–H and O–H groups in total. The third-order valence-corrected chi connectivity index (χ3v) is 2.54. The Morgan fingerprint density at radius 2 is 1.81 bits per heavy atom. The predicted octanol–water partition coefficient (Wildman–Crippen LogP) is 1.54. The summed E-state index contributed by atoms with van der Waals surface area (Å²) in [5.41, 5.74) is 0.947. The van der Waals surface area contributed by atoms with Gasteiger partial charge in [0.1, 0.15) is 6.29 Å². The number of carbonyl (C=O) groups excluding carboxylic acids is 3. The first kappa shape index (κ1) is 10.5. The lowest BCUT2D eigenvalue weighted by atomic mass is 10.1. The zero-order valence-corrected chi connectivity index (χ0v) is 8.68. The molecule has 0 aliphatic carbocycles. The summed E-state index contributed by atoms with van der Waals surface area (Å²) < 4.78 is 0. The highest BCUT2D eigenvalue weighted by Crippen LogP contribution is 2.22. The van der Waals surface area contributed by atoms with Crippen molar-refractivity contribution in [3.63, 3.8) is 0 Å². The van der Waals surface area contributed by atoms with Gasteiger partial charge in [0.2, 0.25) is 11.8 Å². The van der Waals surface area contributed by atoms with E-state index in [-0.39, 0.29) is 11.8 Å². The zero-order chi connectivity index (χ0) is 11.5. The predicted molar refractivity (Wildman–Crippen MR) is 58.2 cm³/mol. The van der Waals surface area contributed by atoms with Crippen LogP contribution < -0.4 is 4.90 Å². The van der Waals surface area contributed by atoms with Crippen LogP contribution in [-0.2, 0) is 9.59 Å². The lowest BCUT2D eigenvalue weighted by Crippen LogP contribution is -2.40. The number of carbonyl (C=O) groups is 3. The molecule has 1 aliphatic heterocycles. The van der Waals surface area contributed by atoms with Gasteiger partial charge in [-0.15, -0.1) is 0 Å². The van der Waals surface area contributed by atoms with Crippen molar-refractivity contribution in [3.05, 3.63) is 29.8 Å². The van der Waals surface area contributed by atoms with Crippen molar-refractivity contribution < 1.29 is 14.4 Å². The molecule has 1 aromatic rings. The molecule has 1 fully saturated rings. The third-order valence-electron chi connectivity index (χ3n) is 2.54. The second-order valence-corrected chi connectivity index (χ2v) is 3.69. The Morgan fingerprint density at radius 3 is 2.44 bits per heavy atom. The van der Waals surface area contributed by atoms with Gasteiger partial charge in [0.15, 0.2) is 0 Å². The molecule has 1 aliphatic rings. The van der Waals surface area contributed by atoms with E-state index in [0.29, 0.717) is 36.8 Å². The highest BCUT2D eigenvalue weighted by molar-refractivity contribution is 6.16. The minimum Gasteiger partial charge on any atom is -0.298 e. The molecule has 0 aromatic heterocycles. The van der Waals surface area contributed by atoms with Gasteiger partial charge in [-0.1, -0.05) is 12.1 Å². The number of rotatable bonds is 2. The number of hydrogen-bond acceptors (Lipinski definition) is 3. The summed E-state index contributed by atoms with van der Waals surface area (Å²) in [5, 5.41) is 0. The molecule has 4 heteroatoms. The van der Waals surface area contributed by atoms with Crippen LogP contribution >= 0.6 is 0 Å². The van der Waals surface area contributed by atoms with Gasteiger partial charge in [-0.2, -0.15) is 0 Å². The Kier molecular flexibility index (Phi) is 2.81. The minimum absolute atomic E-state index is 0.195. The van der Waals surface area contributed by atoms with Gasteiger partial charge in [0, 0.05) is 18.4 Å². The molecule has 1 aromatic carbocycles. The Hall–Kier alpha value is -1.97. The van der Waals surface area contributed by atoms with Gasteiger partial charge in [0.05, 0.1) is 5.69 Å². The van der Waals surface area contributed by atoms with Gasteiger partial charge < -0.3 is 0 Å². The van der Waals surface area contributed by atoms with Gasteiger partial charge in [-0.25, -0.2) is 0 Å². The highest BCUT2D eigenvalue weighted by atomic mass is 16.2. The van der Waals surface area contributed by atoms with Crippen molar-refractivity contribution >= 4 is 23.8 Å². The van der Waals surface area contributed by atoms with E-state index in [1.54, 1.807) is 24.3 Å². The Balaban J connectivity index is 2.37. The van der Waals surface area contributed by atoms with Crippen LogP contribution in [0.4, 0.5) is 5.69 Å². The van der Waals surface area contributed by atoms with Crippen molar-refractivity contribution in [1.29, 1.82) is 0 Å². The number of hydrogen-bond donors (Lipinski definition) is 0. The molecule has 0 saturated carbocycles. The maximum Gasteiger partial charge on any atom is 0.233 e. The molecule has 82 valence electrons. The first-order chi connectivity index (χ1) is 7.72. The summed E-state index contributed by atoms with van der Waals surface area (Å²) in [6.45, 7) is 0. The summed E-state index contributed by atoms with van der Waals surface area (Å²) in [5.74, 6) is -0.390. The number of piperidine rings is 1. The van der Waals surface area contributed by atoms with E-state index in [4.69, 9.17) is 0 Å². The van der Waals surface area contributed by atoms with E-state index in [1.165, 1.54) is 0 Å². The fraction of sp³-hybridized carbons (Fsp3) is 0.250. The second kappa shape index (κ2) is 4.26. The Labute approximate surface area is 92.9 Å². The van der Waals surface area contributed by atoms with Gasteiger partial charge in [-0.05, 0) is 18.6 Å². The van der Waals surface area contributed by atoms with E-state index >= 15 is 0 Å². The lowest BCUT2D eigenvalue weighted by molar-refractivity contribution is -0.129. The number of benzene rings is 1. The topological polar surface area (TPSA) is 54.5 Å². The van der Waals surface area contributed by atoms with Crippen LogP contribution in [0.25, 0.3) is 0 Å². The largest absolute Gasteiger partial charge is 0.298 e. The second-order valence-electron chi connectivity index (χ2n) is 3.69. The summed E-state index contributed by atoms with van der Waals surface area (Å²) in [6, 6.07) is 6.51. The standard InChI is InChI=1S/C12H11NO3/c14-8-9-3-1-4-10(7-9)13-11(15)5-2-6-12(13)16/h1,3-4,7-8H,2,5-6H2.